The van der Waals surface area contributed by atoms with Crippen LogP contribution in [0.25, 0.3) is 0 Å². The zero-order valence-electron chi connectivity index (χ0n) is 8.81. The van der Waals surface area contributed by atoms with E-state index in [9.17, 15) is 0 Å². The van der Waals surface area contributed by atoms with E-state index in [0.717, 1.165) is 37.9 Å². The Morgan fingerprint density at radius 3 is 2.62 bits per heavy atom. The first-order valence-electron chi connectivity index (χ1n) is 5.33. The highest BCUT2D eigenvalue weighted by Gasteiger charge is 1.92. The molecule has 2 nitrogen and oxygen atoms in total. The molecular formula is C11H23NO. The number of hydrogen-bond donors (Lipinski definition) is 2. The van der Waals surface area contributed by atoms with E-state index in [0.29, 0.717) is 6.61 Å². The Morgan fingerprint density at radius 1 is 1.23 bits per heavy atom. The summed E-state index contributed by atoms with van der Waals surface area (Å²) < 4.78 is 0. The highest BCUT2D eigenvalue weighted by atomic mass is 16.2. The van der Waals surface area contributed by atoms with Gasteiger partial charge < -0.3 is 10.4 Å². The van der Waals surface area contributed by atoms with Crippen LogP contribution < -0.4 is 5.32 Å². The first-order chi connectivity index (χ1) is 6.31. The van der Waals surface area contributed by atoms with Gasteiger partial charge in [-0.2, -0.15) is 0 Å². The lowest BCUT2D eigenvalue weighted by molar-refractivity contribution is 0.283. The number of hydrogen-bond acceptors (Lipinski definition) is 2. The molecule has 0 fully saturated rings. The fourth-order valence-electron chi connectivity index (χ4n) is 1.16. The molecule has 0 aliphatic rings. The number of nitrogens with one attached hydrogen (secondary N) is 1. The summed E-state index contributed by atoms with van der Waals surface area (Å²) in [4.78, 5) is 0. The molecule has 0 unspecified atom stereocenters. The van der Waals surface area contributed by atoms with E-state index in [2.05, 4.69) is 18.8 Å². The monoisotopic (exact) mass is 185 g/mol. The Bertz CT molecular complexity index is 123. The number of aliphatic hydroxyl groups excluding tert-OH is 1. The lowest BCUT2D eigenvalue weighted by Gasteiger charge is -2.08. The maximum absolute atomic E-state index is 8.55. The second-order valence-corrected chi connectivity index (χ2v) is 3.42. The average molecular weight is 185 g/mol. The van der Waals surface area contributed by atoms with Gasteiger partial charge in [-0.25, -0.2) is 0 Å². The lowest BCUT2D eigenvalue weighted by Crippen LogP contribution is -2.13. The van der Waals surface area contributed by atoms with Gasteiger partial charge in [0, 0.05) is 18.8 Å². The van der Waals surface area contributed by atoms with Gasteiger partial charge in [-0.3, -0.25) is 0 Å². The van der Waals surface area contributed by atoms with E-state index in [1.165, 1.54) is 12.8 Å². The summed E-state index contributed by atoms with van der Waals surface area (Å²) in [6.45, 7) is 7.46. The molecule has 0 amide bonds. The Balaban J connectivity index is 3.08. The van der Waals surface area contributed by atoms with Crippen LogP contribution in [0.4, 0.5) is 0 Å². The zero-order valence-corrected chi connectivity index (χ0v) is 8.81. The van der Waals surface area contributed by atoms with Crippen LogP contribution in [-0.4, -0.2) is 18.3 Å². The second-order valence-electron chi connectivity index (χ2n) is 3.42. The van der Waals surface area contributed by atoms with Crippen molar-refractivity contribution in [3.63, 3.8) is 0 Å². The van der Waals surface area contributed by atoms with Crippen LogP contribution in [0.2, 0.25) is 0 Å². The van der Waals surface area contributed by atoms with Crippen molar-refractivity contribution in [2.45, 2.75) is 45.4 Å². The molecule has 0 bridgehead atoms. The molecule has 0 spiro atoms. The number of aliphatic hydroxyl groups is 1. The fourth-order valence-corrected chi connectivity index (χ4v) is 1.16. The van der Waals surface area contributed by atoms with Gasteiger partial charge in [0.15, 0.2) is 0 Å². The standard InChI is InChI=1S/C11H23NO/c1-3-4-8-11(2)12-9-6-5-7-10-13/h12-13H,2-10H2,1H3. The molecule has 0 aromatic heterocycles. The van der Waals surface area contributed by atoms with Crippen LogP contribution in [0.1, 0.15) is 45.4 Å². The maximum Gasteiger partial charge on any atom is 0.0431 e. The van der Waals surface area contributed by atoms with E-state index >= 15 is 0 Å². The SMILES string of the molecule is C=C(CCCC)NCCCCCO. The fraction of sp³-hybridized carbons (Fsp3) is 0.818. The molecule has 0 aliphatic heterocycles. The number of unbranched alkanes of at least 4 members (excludes halogenated alkanes) is 3. The summed E-state index contributed by atoms with van der Waals surface area (Å²) in [7, 11) is 0. The van der Waals surface area contributed by atoms with Gasteiger partial charge in [0.05, 0.1) is 0 Å². The van der Waals surface area contributed by atoms with Gasteiger partial charge in [-0.05, 0) is 32.1 Å². The molecular weight excluding hydrogens is 162 g/mol. The highest BCUT2D eigenvalue weighted by Crippen LogP contribution is 2.01. The highest BCUT2D eigenvalue weighted by molar-refractivity contribution is 4.90. The van der Waals surface area contributed by atoms with Crippen molar-refractivity contribution in [2.75, 3.05) is 13.2 Å². The summed E-state index contributed by atoms with van der Waals surface area (Å²) in [5.74, 6) is 0. The molecule has 2 N–H and O–H groups in total. The van der Waals surface area contributed by atoms with Crippen molar-refractivity contribution in [3.05, 3.63) is 12.3 Å². The van der Waals surface area contributed by atoms with Crippen LogP contribution in [0.5, 0.6) is 0 Å². The molecule has 13 heavy (non-hydrogen) atoms. The van der Waals surface area contributed by atoms with E-state index < -0.39 is 0 Å². The lowest BCUT2D eigenvalue weighted by atomic mass is 10.2. The Morgan fingerprint density at radius 2 is 2.00 bits per heavy atom. The van der Waals surface area contributed by atoms with Gasteiger partial charge in [-0.15, -0.1) is 0 Å². The third-order valence-electron chi connectivity index (χ3n) is 2.04. The molecule has 2 heteroatoms. The normalized spacial score (nSPS) is 10.0. The van der Waals surface area contributed by atoms with Crippen LogP contribution in [0, 0.1) is 0 Å². The largest absolute Gasteiger partial charge is 0.396 e. The van der Waals surface area contributed by atoms with E-state index in [1.807, 2.05) is 0 Å². The molecule has 0 heterocycles. The van der Waals surface area contributed by atoms with Crippen molar-refractivity contribution in [1.82, 2.24) is 5.32 Å². The van der Waals surface area contributed by atoms with Gasteiger partial charge in [0.25, 0.3) is 0 Å². The number of allylic oxidation sites excluding steroid dienone is 1. The van der Waals surface area contributed by atoms with Crippen LogP contribution in [0.3, 0.4) is 0 Å². The first-order valence-corrected chi connectivity index (χ1v) is 5.33. The predicted octanol–water partition coefficient (Wildman–Crippen LogP) is 2.44. The van der Waals surface area contributed by atoms with Gasteiger partial charge in [0.2, 0.25) is 0 Å². The second kappa shape index (κ2) is 9.59. The Labute approximate surface area is 82.0 Å². The number of rotatable bonds is 9. The minimum atomic E-state index is 0.316. The Hall–Kier alpha value is -0.500. The zero-order chi connectivity index (χ0) is 9.94. The van der Waals surface area contributed by atoms with Crippen LogP contribution in [0.15, 0.2) is 12.3 Å². The topological polar surface area (TPSA) is 32.3 Å². The molecule has 0 atom stereocenters. The molecule has 0 aromatic rings. The third kappa shape index (κ3) is 9.41. The van der Waals surface area contributed by atoms with Crippen molar-refractivity contribution >= 4 is 0 Å². The summed E-state index contributed by atoms with van der Waals surface area (Å²) in [6, 6.07) is 0. The van der Waals surface area contributed by atoms with Gasteiger partial charge in [0.1, 0.15) is 0 Å². The first kappa shape index (κ1) is 12.5. The smallest absolute Gasteiger partial charge is 0.0431 e. The quantitative estimate of drug-likeness (QED) is 0.541. The van der Waals surface area contributed by atoms with E-state index in [1.54, 1.807) is 0 Å². The summed E-state index contributed by atoms with van der Waals surface area (Å²) in [5.41, 5.74) is 1.16. The van der Waals surface area contributed by atoms with E-state index in [-0.39, 0.29) is 0 Å². The molecule has 0 aliphatic carbocycles. The molecule has 0 saturated heterocycles. The summed E-state index contributed by atoms with van der Waals surface area (Å²) in [5, 5.41) is 11.9. The van der Waals surface area contributed by atoms with Gasteiger partial charge >= 0.3 is 0 Å². The molecule has 0 radical (unpaired) electrons. The van der Waals surface area contributed by atoms with E-state index in [4.69, 9.17) is 5.11 Å². The molecule has 0 rings (SSSR count). The van der Waals surface area contributed by atoms with Crippen molar-refractivity contribution in [3.8, 4) is 0 Å². The van der Waals surface area contributed by atoms with Crippen LogP contribution >= 0.6 is 0 Å². The minimum Gasteiger partial charge on any atom is -0.396 e. The van der Waals surface area contributed by atoms with Crippen molar-refractivity contribution in [2.24, 2.45) is 0 Å². The van der Waals surface area contributed by atoms with Crippen LogP contribution in [-0.2, 0) is 0 Å². The summed E-state index contributed by atoms with van der Waals surface area (Å²) in [6.07, 6.45) is 6.70. The average Bonchev–Trinajstić information content (AvgIpc) is 2.14. The van der Waals surface area contributed by atoms with Crippen molar-refractivity contribution < 1.29 is 5.11 Å². The third-order valence-corrected chi connectivity index (χ3v) is 2.04. The summed E-state index contributed by atoms with van der Waals surface area (Å²) >= 11 is 0. The minimum absolute atomic E-state index is 0.316. The Kier molecular flexibility index (Phi) is 9.22. The molecule has 0 aromatic carbocycles. The maximum atomic E-state index is 8.55. The molecule has 78 valence electrons. The van der Waals surface area contributed by atoms with Gasteiger partial charge in [-0.1, -0.05) is 19.9 Å². The predicted molar refractivity (Wildman–Crippen MR) is 57.6 cm³/mol. The molecule has 0 saturated carbocycles. The van der Waals surface area contributed by atoms with Crippen molar-refractivity contribution in [1.29, 1.82) is 0 Å².